The van der Waals surface area contributed by atoms with Crippen LogP contribution >= 0.6 is 11.3 Å². The van der Waals surface area contributed by atoms with Gasteiger partial charge < -0.3 is 9.84 Å². The Balaban J connectivity index is 2.12. The van der Waals surface area contributed by atoms with Crippen LogP contribution in [0.5, 0.6) is 5.75 Å². The van der Waals surface area contributed by atoms with E-state index in [9.17, 15) is 4.79 Å². The van der Waals surface area contributed by atoms with E-state index < -0.39 is 5.97 Å². The van der Waals surface area contributed by atoms with Gasteiger partial charge in [0.1, 0.15) is 11.6 Å². The zero-order valence-electron chi connectivity index (χ0n) is 10.2. The van der Waals surface area contributed by atoms with Gasteiger partial charge in [0.25, 0.3) is 0 Å². The van der Waals surface area contributed by atoms with Gasteiger partial charge >= 0.3 is 5.97 Å². The van der Waals surface area contributed by atoms with Gasteiger partial charge in [-0.1, -0.05) is 11.3 Å². The highest BCUT2D eigenvalue weighted by molar-refractivity contribution is 7.23. The Hall–Kier alpha value is -2.15. The van der Waals surface area contributed by atoms with E-state index in [2.05, 4.69) is 10.2 Å². The largest absolute Gasteiger partial charge is 0.497 e. The van der Waals surface area contributed by atoms with E-state index in [4.69, 9.17) is 9.84 Å². The van der Waals surface area contributed by atoms with E-state index in [0.717, 1.165) is 20.9 Å². The fourth-order valence-corrected chi connectivity index (χ4v) is 2.99. The highest BCUT2D eigenvalue weighted by atomic mass is 32.1. The fourth-order valence-electron chi connectivity index (χ4n) is 1.98. The van der Waals surface area contributed by atoms with Gasteiger partial charge in [0.2, 0.25) is 4.96 Å². The third kappa shape index (κ3) is 2.01. The maximum atomic E-state index is 10.6. The van der Waals surface area contributed by atoms with Gasteiger partial charge in [-0.15, -0.1) is 10.2 Å². The number of aromatic nitrogens is 3. The summed E-state index contributed by atoms with van der Waals surface area (Å²) in [7, 11) is 1.62. The molecule has 98 valence electrons. The Bertz CT molecular complexity index is 762. The molecular weight excluding hydrogens is 266 g/mol. The van der Waals surface area contributed by atoms with Crippen LogP contribution in [0.2, 0.25) is 0 Å². The van der Waals surface area contributed by atoms with Gasteiger partial charge in [-0.05, 0) is 18.2 Å². The molecule has 0 spiro atoms. The molecule has 2 aromatic heterocycles. The number of carbonyl (C=O) groups is 1. The molecule has 0 amide bonds. The summed E-state index contributed by atoms with van der Waals surface area (Å²) in [6.07, 6.45) is 0.419. The molecule has 0 saturated heterocycles. The molecule has 0 fully saturated rings. The molecule has 6 nitrogen and oxygen atoms in total. The lowest BCUT2D eigenvalue weighted by Crippen LogP contribution is -2.01. The Morgan fingerprint density at radius 3 is 3.05 bits per heavy atom. The van der Waals surface area contributed by atoms with Crippen molar-refractivity contribution in [2.45, 2.75) is 12.8 Å². The maximum Gasteiger partial charge on any atom is 0.303 e. The molecular formula is C12H11N3O3S. The number of carboxylic acids is 1. The van der Waals surface area contributed by atoms with Crippen molar-refractivity contribution in [3.05, 3.63) is 24.0 Å². The summed E-state index contributed by atoms with van der Waals surface area (Å²) in [5.41, 5.74) is 0.978. The molecule has 2 heterocycles. The van der Waals surface area contributed by atoms with Crippen molar-refractivity contribution in [3.8, 4) is 5.75 Å². The van der Waals surface area contributed by atoms with Crippen LogP contribution in [0.15, 0.2) is 18.2 Å². The molecule has 0 aliphatic heterocycles. The minimum atomic E-state index is -0.835. The number of nitrogens with zero attached hydrogens (tertiary/aromatic N) is 3. The van der Waals surface area contributed by atoms with Crippen molar-refractivity contribution in [2.75, 3.05) is 7.11 Å². The molecule has 7 heteroatoms. The Labute approximate surface area is 112 Å². The van der Waals surface area contributed by atoms with Gasteiger partial charge in [-0.25, -0.2) is 0 Å². The van der Waals surface area contributed by atoms with E-state index in [1.807, 2.05) is 22.6 Å². The van der Waals surface area contributed by atoms with Gasteiger partial charge in [0, 0.05) is 6.42 Å². The monoisotopic (exact) mass is 277 g/mol. The molecule has 0 aliphatic rings. The predicted octanol–water partition coefficient (Wildman–Crippen LogP) is 1.97. The van der Waals surface area contributed by atoms with Crippen LogP contribution in [0.4, 0.5) is 0 Å². The molecule has 1 N–H and O–H groups in total. The lowest BCUT2D eigenvalue weighted by Gasteiger charge is -2.00. The number of hydrogen-bond acceptors (Lipinski definition) is 5. The minimum Gasteiger partial charge on any atom is -0.497 e. The van der Waals surface area contributed by atoms with Crippen LogP contribution in [-0.2, 0) is 11.2 Å². The molecule has 0 aliphatic carbocycles. The number of fused-ring (bicyclic) bond motifs is 3. The van der Waals surface area contributed by atoms with Crippen molar-refractivity contribution >= 4 is 32.5 Å². The molecule has 0 unspecified atom stereocenters. The summed E-state index contributed by atoms with van der Waals surface area (Å²) in [6.45, 7) is 0. The zero-order valence-corrected chi connectivity index (χ0v) is 11.0. The van der Waals surface area contributed by atoms with Crippen LogP contribution in [-0.4, -0.2) is 32.8 Å². The number of ether oxygens (including phenoxy) is 1. The van der Waals surface area contributed by atoms with E-state index in [0.29, 0.717) is 12.2 Å². The first-order chi connectivity index (χ1) is 9.19. The number of carboxylic acid groups (broad SMARTS) is 1. The second-order valence-corrected chi connectivity index (χ2v) is 5.07. The van der Waals surface area contributed by atoms with Crippen LogP contribution in [0.1, 0.15) is 12.2 Å². The number of methoxy groups -OCH3 is 1. The van der Waals surface area contributed by atoms with Crippen LogP contribution < -0.4 is 4.74 Å². The summed E-state index contributed by atoms with van der Waals surface area (Å²) in [5, 5.41) is 16.9. The molecule has 0 radical (unpaired) electrons. The number of rotatable bonds is 4. The number of aliphatic carboxylic acids is 1. The highest BCUT2D eigenvalue weighted by Gasteiger charge is 2.13. The Kier molecular flexibility index (Phi) is 2.83. The summed E-state index contributed by atoms with van der Waals surface area (Å²) in [5.74, 6) is 0.629. The summed E-state index contributed by atoms with van der Waals surface area (Å²) in [6, 6.07) is 5.75. The van der Waals surface area contributed by atoms with E-state index in [1.165, 1.54) is 11.3 Å². The topological polar surface area (TPSA) is 76.7 Å². The van der Waals surface area contributed by atoms with Crippen LogP contribution in [0.25, 0.3) is 15.2 Å². The third-order valence-corrected chi connectivity index (χ3v) is 3.87. The van der Waals surface area contributed by atoms with Gasteiger partial charge in [0.15, 0.2) is 0 Å². The van der Waals surface area contributed by atoms with Crippen molar-refractivity contribution in [2.24, 2.45) is 0 Å². The number of hydrogen-bond donors (Lipinski definition) is 1. The van der Waals surface area contributed by atoms with E-state index in [-0.39, 0.29) is 6.42 Å². The maximum absolute atomic E-state index is 10.6. The summed E-state index contributed by atoms with van der Waals surface area (Å²) >= 11 is 1.51. The van der Waals surface area contributed by atoms with E-state index in [1.54, 1.807) is 7.11 Å². The number of benzene rings is 1. The lowest BCUT2D eigenvalue weighted by molar-refractivity contribution is -0.137. The average Bonchev–Trinajstić information content (AvgIpc) is 2.94. The first-order valence-corrected chi connectivity index (χ1v) is 6.53. The second-order valence-electron chi connectivity index (χ2n) is 4.06. The average molecular weight is 277 g/mol. The summed E-state index contributed by atoms with van der Waals surface area (Å²) in [4.78, 5) is 11.4. The van der Waals surface area contributed by atoms with Gasteiger partial charge in [-0.2, -0.15) is 0 Å². The third-order valence-electron chi connectivity index (χ3n) is 2.87. The molecule has 1 aromatic carbocycles. The van der Waals surface area contributed by atoms with Crippen molar-refractivity contribution in [3.63, 3.8) is 0 Å². The quantitative estimate of drug-likeness (QED) is 0.789. The Morgan fingerprint density at radius 1 is 1.47 bits per heavy atom. The highest BCUT2D eigenvalue weighted by Crippen LogP contribution is 2.29. The fraction of sp³-hybridized carbons (Fsp3) is 0.250. The van der Waals surface area contributed by atoms with Crippen LogP contribution in [0, 0.1) is 0 Å². The first kappa shape index (κ1) is 11.9. The minimum absolute atomic E-state index is 0.0499. The van der Waals surface area contributed by atoms with Crippen molar-refractivity contribution in [1.82, 2.24) is 14.6 Å². The lowest BCUT2D eigenvalue weighted by atomic mass is 10.3. The SMILES string of the molecule is COc1ccc2c(c1)sc1nnc(CCC(=O)O)n12. The molecule has 3 aromatic rings. The molecule has 0 atom stereocenters. The van der Waals surface area contributed by atoms with E-state index >= 15 is 0 Å². The zero-order chi connectivity index (χ0) is 13.4. The smallest absolute Gasteiger partial charge is 0.303 e. The van der Waals surface area contributed by atoms with Crippen molar-refractivity contribution in [1.29, 1.82) is 0 Å². The number of aryl methyl sites for hydroxylation is 1. The molecule has 0 bridgehead atoms. The van der Waals surface area contributed by atoms with Crippen molar-refractivity contribution < 1.29 is 14.6 Å². The molecule has 0 saturated carbocycles. The number of thiazole rings is 1. The van der Waals surface area contributed by atoms with Gasteiger partial charge in [0.05, 0.1) is 23.7 Å². The first-order valence-electron chi connectivity index (χ1n) is 5.71. The summed E-state index contributed by atoms with van der Waals surface area (Å²) < 4.78 is 8.14. The van der Waals surface area contributed by atoms with Crippen LogP contribution in [0.3, 0.4) is 0 Å². The molecule has 19 heavy (non-hydrogen) atoms. The normalized spacial score (nSPS) is 11.2. The Morgan fingerprint density at radius 2 is 2.32 bits per heavy atom. The second kappa shape index (κ2) is 4.51. The predicted molar refractivity (Wildman–Crippen MR) is 70.9 cm³/mol. The standard InChI is InChI=1S/C12H11N3O3S/c1-18-7-2-3-8-9(6-7)19-12-14-13-10(15(8)12)4-5-11(16)17/h2-3,6H,4-5H2,1H3,(H,16,17). The molecule has 3 rings (SSSR count). The van der Waals surface area contributed by atoms with Gasteiger partial charge in [-0.3, -0.25) is 9.20 Å².